The van der Waals surface area contributed by atoms with Crippen LogP contribution in [0.15, 0.2) is 0 Å². The van der Waals surface area contributed by atoms with Crippen LogP contribution >= 0.6 is 0 Å². The summed E-state index contributed by atoms with van der Waals surface area (Å²) in [6.45, 7) is 95.2. The Morgan fingerprint density at radius 2 is 0.436 bits per heavy atom. The van der Waals surface area contributed by atoms with Crippen LogP contribution in [0.4, 0.5) is 0 Å². The summed E-state index contributed by atoms with van der Waals surface area (Å²) in [5, 5.41) is 0. The third-order valence-corrected chi connectivity index (χ3v) is 9.92. The van der Waals surface area contributed by atoms with Gasteiger partial charge in [-0.15, -0.1) is 0 Å². The first-order valence-corrected chi connectivity index (χ1v) is 62.4. The van der Waals surface area contributed by atoms with E-state index in [1.807, 2.05) is 120 Å². The van der Waals surface area contributed by atoms with Gasteiger partial charge in [-0.3, -0.25) is 0 Å². The maximum atomic E-state index is 8.66. The van der Waals surface area contributed by atoms with Crippen molar-refractivity contribution in [1.82, 2.24) is 0 Å². The van der Waals surface area contributed by atoms with Crippen molar-refractivity contribution in [3.63, 3.8) is 0 Å². The average Bonchev–Trinajstić information content (AvgIpc) is 2.88. The molecule has 10 nitrogen and oxygen atoms in total. The Balaban J connectivity index is -0.0000000396. The minimum absolute atomic E-state index is 0. The number of rotatable bonds is 12. The van der Waals surface area contributed by atoms with Gasteiger partial charge in [0, 0.05) is 81.6 Å². The molecule has 0 fully saturated rings. The quantitative estimate of drug-likeness (QED) is 0.0849. The van der Waals surface area contributed by atoms with Crippen molar-refractivity contribution in [1.29, 1.82) is 0 Å². The molecule has 506 valence electrons. The fourth-order valence-electron chi connectivity index (χ4n) is 4.31. The Labute approximate surface area is 569 Å². The van der Waals surface area contributed by atoms with Crippen molar-refractivity contribution < 1.29 is 121 Å². The molecule has 0 aliphatic rings. The zero-order valence-corrected chi connectivity index (χ0v) is 74.6. The first-order chi connectivity index (χ1) is 31.3. The topological polar surface area (TPSA) is 136 Å². The Morgan fingerprint density at radius 1 is 0.321 bits per heavy atom. The molecular formula is C56H159Ho2O10Si10-. The Hall–Kier alpha value is 4.29. The molecule has 78 heavy (non-hydrogen) atoms. The number of hydrogen-bond donors (Lipinski definition) is 4. The molecule has 0 aromatic rings. The van der Waals surface area contributed by atoms with E-state index in [4.69, 9.17) is 45.7 Å². The van der Waals surface area contributed by atoms with E-state index in [0.717, 1.165) is 6.10 Å². The van der Waals surface area contributed by atoms with E-state index in [0.29, 0.717) is 6.10 Å². The SMILES string of the molecule is C.C.CC(C)(O[Si](C)(C)C)O[Si](C)(C)C.CC(C)(O[Si](C)(C)C)O[Si](C)(C)C.CC(C)O[Si](C)(C)C.CCC.CCC.CCC.CCC.C[C-](C)O[Si](C)(C)C.C[Si](C)(C)O.C[Si](C)(C)O.C[Si](C)(C)O.C[Si](C)(C)O.[Ho].[Ho]. The van der Waals surface area contributed by atoms with Gasteiger partial charge in [0.05, 0.1) is 0 Å². The minimum Gasteiger partial charge on any atom is -0.590 e. The van der Waals surface area contributed by atoms with Crippen molar-refractivity contribution in [2.24, 2.45) is 0 Å². The average molecular weight is 1600 g/mol. The van der Waals surface area contributed by atoms with Crippen molar-refractivity contribution >= 4 is 83.2 Å². The van der Waals surface area contributed by atoms with Gasteiger partial charge >= 0.3 is 0 Å². The van der Waals surface area contributed by atoms with E-state index >= 15 is 0 Å². The van der Waals surface area contributed by atoms with Gasteiger partial charge in [-0.05, 0) is 238 Å². The van der Waals surface area contributed by atoms with Crippen molar-refractivity contribution in [3.8, 4) is 0 Å². The first-order valence-electron chi connectivity index (χ1n) is 28.2. The zero-order valence-electron chi connectivity index (χ0n) is 60.7. The fourth-order valence-corrected chi connectivity index (χ4v) is 13.2. The first kappa shape index (κ1) is 124. The van der Waals surface area contributed by atoms with Gasteiger partial charge in [-0.25, -0.2) is 6.10 Å². The summed E-state index contributed by atoms with van der Waals surface area (Å²) in [5.74, 6) is -0.816. The summed E-state index contributed by atoms with van der Waals surface area (Å²) in [5.41, 5.74) is 0. The monoisotopic (exact) mass is 1600 g/mol. The van der Waals surface area contributed by atoms with E-state index in [-0.39, 0.29) is 90.3 Å². The molecule has 22 heteroatoms. The molecule has 2 radical (unpaired) electrons. The van der Waals surface area contributed by atoms with Crippen LogP contribution < -0.4 is 0 Å². The summed E-state index contributed by atoms with van der Waals surface area (Å²) in [6, 6.07) is 0. The van der Waals surface area contributed by atoms with Crippen LogP contribution in [0.25, 0.3) is 0 Å². The van der Waals surface area contributed by atoms with Crippen LogP contribution in [0, 0.1) is 81.6 Å². The minimum atomic E-state index is -1.61. The van der Waals surface area contributed by atoms with Gasteiger partial charge < -0.3 is 45.7 Å². The van der Waals surface area contributed by atoms with Crippen molar-refractivity contribution in [3.05, 3.63) is 6.10 Å². The van der Waals surface area contributed by atoms with E-state index in [1.54, 1.807) is 0 Å². The van der Waals surface area contributed by atoms with E-state index in [9.17, 15) is 0 Å². The predicted octanol–water partition coefficient (Wildman–Crippen LogP) is 21.7. The van der Waals surface area contributed by atoms with Crippen LogP contribution in [0.5, 0.6) is 0 Å². The normalized spacial score (nSPS) is 11.5. The molecule has 4 N–H and O–H groups in total. The smallest absolute Gasteiger partial charge is 0.187 e. The molecule has 0 rings (SSSR count). The van der Waals surface area contributed by atoms with Crippen molar-refractivity contribution in [2.75, 3.05) is 0 Å². The molecule has 0 aliphatic heterocycles. The summed E-state index contributed by atoms with van der Waals surface area (Å²) in [4.78, 5) is 34.6. The third-order valence-electron chi connectivity index (χ3n) is 3.31. The van der Waals surface area contributed by atoms with Crippen LogP contribution in [-0.2, 0) is 26.6 Å². The standard InChI is InChI=1S/2C9H24O2Si2.C6H16OSi.C6H15OSi.4C3H10OSi.4C3H8.2CH4.2Ho/c2*1-9(2,10-12(3,4)5)11-13(6,7)8;2*1-6(2)7-8(3,4)5;4*1-5(2,3)4;4*1-3-2;;;;/h2*1-8H3;6H,1-5H3;1-5H3;4*4H,1-3H3;4*3H2,1-2H3;2*1H4;;/q;;;-1;;;;;;;;;;;;. The fraction of sp³-hybridized carbons (Fsp3) is 0.982. The Bertz CT molecular complexity index is 950. The molecule has 0 heterocycles. The molecule has 0 aliphatic carbocycles. The third kappa shape index (κ3) is 344. The van der Waals surface area contributed by atoms with Gasteiger partial charge in [-0.2, -0.15) is 13.8 Å². The molecule has 0 amide bonds. The van der Waals surface area contributed by atoms with Gasteiger partial charge in [0.25, 0.3) is 0 Å². The van der Waals surface area contributed by atoms with Crippen LogP contribution in [0.1, 0.15) is 151 Å². The summed E-state index contributed by atoms with van der Waals surface area (Å²) < 4.78 is 34.9. The molecule has 0 atom stereocenters. The predicted molar refractivity (Wildman–Crippen MR) is 384 cm³/mol. The second-order valence-corrected chi connectivity index (χ2v) is 73.5. The molecule has 0 unspecified atom stereocenters. The van der Waals surface area contributed by atoms with Gasteiger partial charge in [0.15, 0.2) is 74.9 Å². The van der Waals surface area contributed by atoms with Crippen LogP contribution in [0.3, 0.4) is 0 Å². The van der Waals surface area contributed by atoms with E-state index in [1.165, 1.54) is 25.7 Å². The molecule has 0 saturated carbocycles. The zero-order chi connectivity index (χ0) is 64.2. The molecule has 0 spiro atoms. The van der Waals surface area contributed by atoms with Crippen molar-refractivity contribution in [2.45, 2.75) is 365 Å². The van der Waals surface area contributed by atoms with Gasteiger partial charge in [0.1, 0.15) is 19.9 Å². The van der Waals surface area contributed by atoms with Crippen LogP contribution in [0.2, 0.25) is 196 Å². The molecule has 0 aromatic heterocycles. The second kappa shape index (κ2) is 61.5. The van der Waals surface area contributed by atoms with E-state index < -0.39 is 94.7 Å². The maximum absolute atomic E-state index is 8.66. The Kier molecular flexibility index (Phi) is 97.6. The van der Waals surface area contributed by atoms with Crippen LogP contribution in [-0.4, -0.2) is 120 Å². The summed E-state index contributed by atoms with van der Waals surface area (Å²) >= 11 is 0. The second-order valence-electron chi connectivity index (χ2n) is 29.6. The molecule has 0 bridgehead atoms. The molecular weight excluding hydrogens is 1440 g/mol. The summed E-state index contributed by atoms with van der Waals surface area (Å²) in [7, 11) is -14.9. The maximum Gasteiger partial charge on any atom is 0.187 e. The van der Waals surface area contributed by atoms with Gasteiger partial charge in [0.2, 0.25) is 0 Å². The van der Waals surface area contributed by atoms with Gasteiger partial charge in [-0.1, -0.05) is 95.9 Å². The molecule has 0 aromatic carbocycles. The molecule has 0 saturated heterocycles. The largest absolute Gasteiger partial charge is 0.590 e. The Morgan fingerprint density at radius 3 is 0.462 bits per heavy atom. The number of hydrogen-bond acceptors (Lipinski definition) is 10. The summed E-state index contributed by atoms with van der Waals surface area (Å²) in [6.07, 6.45) is 6.49. The van der Waals surface area contributed by atoms with E-state index in [2.05, 4.69) is 187 Å².